The van der Waals surface area contributed by atoms with E-state index in [1.807, 2.05) is 0 Å². The van der Waals surface area contributed by atoms with Crippen molar-refractivity contribution in [3.8, 4) is 17.2 Å². The number of halogens is 1. The highest BCUT2D eigenvalue weighted by atomic mass is 35.5. The van der Waals surface area contributed by atoms with Crippen molar-refractivity contribution in [1.29, 1.82) is 0 Å². The summed E-state index contributed by atoms with van der Waals surface area (Å²) in [5.41, 5.74) is 5.28. The van der Waals surface area contributed by atoms with Crippen LogP contribution >= 0.6 is 11.6 Å². The Morgan fingerprint density at radius 2 is 1.50 bits per heavy atom. The molecular formula is C27H24ClN3O7. The lowest BCUT2D eigenvalue weighted by Gasteiger charge is -2.17. The third kappa shape index (κ3) is 6.80. The van der Waals surface area contributed by atoms with E-state index in [0.29, 0.717) is 22.2 Å². The lowest BCUT2D eigenvalue weighted by atomic mass is 10.1. The Hall–Kier alpha value is -4.57. The van der Waals surface area contributed by atoms with Gasteiger partial charge < -0.3 is 19.1 Å². The third-order valence-electron chi connectivity index (χ3n) is 5.67. The Kier molecular flexibility index (Phi) is 8.44. The predicted molar refractivity (Wildman–Crippen MR) is 138 cm³/mol. The maximum absolute atomic E-state index is 12.5. The first-order valence-electron chi connectivity index (χ1n) is 11.6. The normalized spacial score (nSPS) is 14.5. The predicted octanol–water partition coefficient (Wildman–Crippen LogP) is 3.50. The molecule has 3 amide bonds. The average molecular weight is 538 g/mol. The first kappa shape index (κ1) is 26.5. The summed E-state index contributed by atoms with van der Waals surface area (Å²) in [6.07, 6.45) is -0.0438. The van der Waals surface area contributed by atoms with Crippen LogP contribution in [0.1, 0.15) is 16.8 Å². The van der Waals surface area contributed by atoms with Gasteiger partial charge in [0.25, 0.3) is 11.8 Å². The van der Waals surface area contributed by atoms with Crippen molar-refractivity contribution in [1.82, 2.24) is 10.9 Å². The van der Waals surface area contributed by atoms with E-state index in [0.717, 1.165) is 5.75 Å². The molecule has 38 heavy (non-hydrogen) atoms. The minimum Gasteiger partial charge on any atom is -0.497 e. The summed E-state index contributed by atoms with van der Waals surface area (Å²) < 4.78 is 16.0. The number of anilines is 1. The highest BCUT2D eigenvalue weighted by Gasteiger charge is 2.36. The Bertz CT molecular complexity index is 1310. The molecule has 3 aromatic carbocycles. The molecular weight excluding hydrogens is 514 g/mol. The zero-order chi connectivity index (χ0) is 27.1. The Morgan fingerprint density at radius 3 is 2.13 bits per heavy atom. The van der Waals surface area contributed by atoms with Gasteiger partial charge in [-0.2, -0.15) is 0 Å². The Balaban J connectivity index is 1.23. The van der Waals surface area contributed by atoms with Crippen molar-refractivity contribution in [2.75, 3.05) is 25.2 Å². The molecule has 0 saturated carbocycles. The number of hydrogen-bond acceptors (Lipinski definition) is 7. The van der Waals surface area contributed by atoms with Gasteiger partial charge in [0.2, 0.25) is 5.91 Å². The molecule has 1 atom stereocenters. The van der Waals surface area contributed by atoms with E-state index in [-0.39, 0.29) is 24.4 Å². The highest BCUT2D eigenvalue weighted by Crippen LogP contribution is 2.29. The highest BCUT2D eigenvalue weighted by molar-refractivity contribution is 6.30. The molecule has 11 heteroatoms. The number of hydrazine groups is 1. The zero-order valence-electron chi connectivity index (χ0n) is 20.3. The first-order chi connectivity index (χ1) is 18.3. The SMILES string of the molecule is COc1ccc(Oc2ccc(N3C[C@@H](C(=O)OCC(=O)NNC(=O)c4ccc(Cl)cc4)CC3=O)cc2)cc1. The number of rotatable bonds is 8. The van der Waals surface area contributed by atoms with Gasteiger partial charge in [0.05, 0.1) is 13.0 Å². The molecule has 196 valence electrons. The van der Waals surface area contributed by atoms with E-state index < -0.39 is 30.3 Å². The maximum atomic E-state index is 12.5. The number of hydrogen-bond donors (Lipinski definition) is 2. The van der Waals surface area contributed by atoms with Crippen LogP contribution in [0.25, 0.3) is 0 Å². The van der Waals surface area contributed by atoms with E-state index in [1.54, 1.807) is 55.6 Å². The van der Waals surface area contributed by atoms with E-state index >= 15 is 0 Å². The summed E-state index contributed by atoms with van der Waals surface area (Å²) >= 11 is 5.78. The monoisotopic (exact) mass is 537 g/mol. The fourth-order valence-corrected chi connectivity index (χ4v) is 3.81. The first-order valence-corrected chi connectivity index (χ1v) is 11.9. The lowest BCUT2D eigenvalue weighted by molar-refractivity contribution is -0.152. The summed E-state index contributed by atoms with van der Waals surface area (Å²) in [6.45, 7) is -0.493. The van der Waals surface area contributed by atoms with Crippen molar-refractivity contribution in [2.24, 2.45) is 5.92 Å². The van der Waals surface area contributed by atoms with Crippen molar-refractivity contribution in [3.63, 3.8) is 0 Å². The van der Waals surface area contributed by atoms with Gasteiger partial charge in [-0.1, -0.05) is 11.6 Å². The molecule has 1 aliphatic rings. The average Bonchev–Trinajstić information content (AvgIpc) is 3.33. The molecule has 3 aromatic rings. The number of nitrogens with one attached hydrogen (secondary N) is 2. The molecule has 1 saturated heterocycles. The van der Waals surface area contributed by atoms with Crippen LogP contribution in [-0.2, 0) is 19.1 Å². The fourth-order valence-electron chi connectivity index (χ4n) is 3.68. The topological polar surface area (TPSA) is 123 Å². The van der Waals surface area contributed by atoms with Gasteiger partial charge in [-0.05, 0) is 72.8 Å². The number of carbonyl (C=O) groups is 4. The maximum Gasteiger partial charge on any atom is 0.311 e. The molecule has 1 heterocycles. The van der Waals surface area contributed by atoms with E-state index in [2.05, 4.69) is 10.9 Å². The molecule has 0 aliphatic carbocycles. The van der Waals surface area contributed by atoms with Gasteiger partial charge in [0, 0.05) is 29.2 Å². The second-order valence-electron chi connectivity index (χ2n) is 8.29. The quantitative estimate of drug-likeness (QED) is 0.333. The van der Waals surface area contributed by atoms with Crippen LogP contribution in [0.5, 0.6) is 17.2 Å². The number of nitrogens with zero attached hydrogens (tertiary/aromatic N) is 1. The molecule has 0 radical (unpaired) electrons. The van der Waals surface area contributed by atoms with Gasteiger partial charge in [0.1, 0.15) is 17.2 Å². The second-order valence-corrected chi connectivity index (χ2v) is 8.73. The summed E-state index contributed by atoms with van der Waals surface area (Å²) in [7, 11) is 1.58. The van der Waals surface area contributed by atoms with Crippen LogP contribution in [0.2, 0.25) is 5.02 Å². The minimum atomic E-state index is -0.728. The van der Waals surface area contributed by atoms with Gasteiger partial charge in [-0.25, -0.2) is 0 Å². The van der Waals surface area contributed by atoms with Gasteiger partial charge in [-0.3, -0.25) is 30.0 Å². The summed E-state index contributed by atoms with van der Waals surface area (Å²) in [6, 6.07) is 20.1. The van der Waals surface area contributed by atoms with Crippen LogP contribution in [0.15, 0.2) is 72.8 Å². The molecule has 0 aromatic heterocycles. The smallest absolute Gasteiger partial charge is 0.311 e. The number of esters is 1. The molecule has 4 rings (SSSR count). The van der Waals surface area contributed by atoms with E-state index in [1.165, 1.54) is 29.2 Å². The van der Waals surface area contributed by atoms with Crippen molar-refractivity contribution < 1.29 is 33.4 Å². The third-order valence-corrected chi connectivity index (χ3v) is 5.92. The van der Waals surface area contributed by atoms with Crippen LogP contribution in [0, 0.1) is 5.92 Å². The summed E-state index contributed by atoms with van der Waals surface area (Å²) in [5, 5.41) is 0.470. The van der Waals surface area contributed by atoms with Crippen LogP contribution in [-0.4, -0.2) is 44.0 Å². The molecule has 1 aliphatic heterocycles. The van der Waals surface area contributed by atoms with Gasteiger partial charge in [-0.15, -0.1) is 0 Å². The zero-order valence-corrected chi connectivity index (χ0v) is 21.1. The second kappa shape index (κ2) is 12.1. The minimum absolute atomic E-state index is 0.0438. The molecule has 0 unspecified atom stereocenters. The molecule has 1 fully saturated rings. The number of methoxy groups -OCH3 is 1. The van der Waals surface area contributed by atoms with E-state index in [4.69, 9.17) is 25.8 Å². The lowest BCUT2D eigenvalue weighted by Crippen LogP contribution is -2.43. The molecule has 10 nitrogen and oxygen atoms in total. The largest absolute Gasteiger partial charge is 0.497 e. The van der Waals surface area contributed by atoms with Gasteiger partial charge >= 0.3 is 5.97 Å². The Morgan fingerprint density at radius 1 is 0.895 bits per heavy atom. The summed E-state index contributed by atoms with van der Waals surface area (Å²) in [4.78, 5) is 50.5. The number of carbonyl (C=O) groups excluding carboxylic acids is 4. The number of ether oxygens (including phenoxy) is 3. The molecule has 0 spiro atoms. The van der Waals surface area contributed by atoms with Crippen LogP contribution in [0.4, 0.5) is 5.69 Å². The van der Waals surface area contributed by atoms with Crippen molar-refractivity contribution in [3.05, 3.63) is 83.4 Å². The molecule has 0 bridgehead atoms. The fraction of sp³-hybridized carbons (Fsp3) is 0.185. The van der Waals surface area contributed by atoms with E-state index in [9.17, 15) is 19.2 Å². The van der Waals surface area contributed by atoms with Crippen molar-refractivity contribution in [2.45, 2.75) is 6.42 Å². The van der Waals surface area contributed by atoms with Crippen molar-refractivity contribution >= 4 is 41.0 Å². The van der Waals surface area contributed by atoms with Gasteiger partial charge in [0.15, 0.2) is 6.61 Å². The Labute approximate surface area is 223 Å². The van der Waals surface area contributed by atoms with Crippen LogP contribution in [0.3, 0.4) is 0 Å². The standard InChI is InChI=1S/C27H24ClN3O7/c1-36-21-10-12-23(13-11-21)38-22-8-6-20(7-9-22)31-15-18(14-25(31)33)27(35)37-16-24(32)29-30-26(34)17-2-4-19(28)5-3-17/h2-13,18H,14-16H2,1H3,(H,29,32)(H,30,34)/t18-/m0/s1. The van der Waals surface area contributed by atoms with Crippen LogP contribution < -0.4 is 25.2 Å². The number of benzene rings is 3. The summed E-state index contributed by atoms with van der Waals surface area (Å²) in [5.74, 6) is -1.00. The number of amides is 3. The molecule has 2 N–H and O–H groups in total.